The maximum absolute atomic E-state index is 13.8. The van der Waals surface area contributed by atoms with Gasteiger partial charge in [0.25, 0.3) is 5.91 Å². The summed E-state index contributed by atoms with van der Waals surface area (Å²) in [4.78, 5) is 51.8. The molecule has 0 unspecified atom stereocenters. The molecule has 2 aliphatic heterocycles. The van der Waals surface area contributed by atoms with Crippen molar-refractivity contribution in [3.8, 4) is 0 Å². The summed E-state index contributed by atoms with van der Waals surface area (Å²) in [5, 5.41) is 14.1. The fourth-order valence-electron chi connectivity index (χ4n) is 6.76. The van der Waals surface area contributed by atoms with Crippen LogP contribution in [-0.2, 0) is 39.0 Å². The van der Waals surface area contributed by atoms with Crippen LogP contribution in [0.5, 0.6) is 0 Å². The molecule has 3 amide bonds. The molecule has 2 atom stereocenters. The normalized spacial score (nSPS) is 22.8. The second-order valence-corrected chi connectivity index (χ2v) is 12.3. The zero-order valence-electron chi connectivity index (χ0n) is 25.4. The van der Waals surface area contributed by atoms with Crippen molar-refractivity contribution in [2.24, 2.45) is 0 Å². The SMILES string of the molecule is Cc1cc(C[C@H]2NC(=O)c3cnc4c(c3)C[C@@]3(C4)C(=O)Nc4ncc(cc43)/C=C/COCCCCN(C)C2=O)cc2cn[nH]c12. The van der Waals surface area contributed by atoms with Crippen molar-refractivity contribution >= 4 is 40.5 Å². The molecule has 1 aliphatic carbocycles. The number of aromatic amines is 1. The minimum atomic E-state index is -0.837. The Labute approximate surface area is 260 Å². The molecular formula is C34H35N7O4. The molecule has 0 saturated heterocycles. The summed E-state index contributed by atoms with van der Waals surface area (Å²) >= 11 is 0. The van der Waals surface area contributed by atoms with Crippen LogP contribution >= 0.6 is 0 Å². The van der Waals surface area contributed by atoms with Gasteiger partial charge in [-0.15, -0.1) is 0 Å². The molecule has 5 bridgehead atoms. The number of likely N-dealkylation sites (N-methyl/N-ethyl adjacent to an activating group) is 1. The largest absolute Gasteiger partial charge is 0.377 e. The van der Waals surface area contributed by atoms with Gasteiger partial charge in [0, 0.05) is 62.1 Å². The van der Waals surface area contributed by atoms with Crippen molar-refractivity contribution in [1.82, 2.24) is 30.4 Å². The molecule has 1 spiro atoms. The maximum Gasteiger partial charge on any atom is 0.253 e. The minimum absolute atomic E-state index is 0.115. The summed E-state index contributed by atoms with van der Waals surface area (Å²) in [7, 11) is 1.77. The van der Waals surface area contributed by atoms with Gasteiger partial charge in [0.15, 0.2) is 0 Å². The summed E-state index contributed by atoms with van der Waals surface area (Å²) in [6.45, 7) is 3.54. The topological polar surface area (TPSA) is 142 Å². The number of ether oxygens (including phenoxy) is 1. The van der Waals surface area contributed by atoms with Gasteiger partial charge < -0.3 is 20.3 Å². The van der Waals surface area contributed by atoms with Crippen molar-refractivity contribution in [3.05, 3.63) is 88.0 Å². The monoisotopic (exact) mass is 605 g/mol. The number of aryl methyl sites for hydroxylation is 1. The number of rotatable bonds is 2. The Bertz CT molecular complexity index is 1860. The zero-order valence-corrected chi connectivity index (χ0v) is 25.4. The summed E-state index contributed by atoms with van der Waals surface area (Å²) in [5.74, 6) is -0.107. The Hall–Kier alpha value is -4.90. The van der Waals surface area contributed by atoms with Crippen LogP contribution in [0.25, 0.3) is 17.0 Å². The van der Waals surface area contributed by atoms with E-state index < -0.39 is 11.5 Å². The number of pyridine rings is 2. The van der Waals surface area contributed by atoms with E-state index in [-0.39, 0.29) is 17.7 Å². The van der Waals surface area contributed by atoms with E-state index in [0.717, 1.165) is 57.3 Å². The predicted octanol–water partition coefficient (Wildman–Crippen LogP) is 3.27. The van der Waals surface area contributed by atoms with Crippen molar-refractivity contribution in [3.63, 3.8) is 0 Å². The summed E-state index contributed by atoms with van der Waals surface area (Å²) < 4.78 is 5.80. The lowest BCUT2D eigenvalue weighted by Crippen LogP contribution is -2.48. The molecule has 0 fully saturated rings. The van der Waals surface area contributed by atoms with E-state index in [1.54, 1.807) is 24.3 Å². The molecule has 230 valence electrons. The number of hydrogen-bond acceptors (Lipinski definition) is 7. The molecular weight excluding hydrogens is 570 g/mol. The quantitative estimate of drug-likeness (QED) is 0.318. The number of carbonyl (C=O) groups excluding carboxylic acids is 3. The number of benzene rings is 1. The van der Waals surface area contributed by atoms with Crippen LogP contribution < -0.4 is 10.6 Å². The van der Waals surface area contributed by atoms with Crippen LogP contribution in [-0.4, -0.2) is 75.6 Å². The molecule has 4 aromatic rings. The number of nitrogens with one attached hydrogen (secondary N) is 3. The molecule has 45 heavy (non-hydrogen) atoms. The average Bonchev–Trinajstić information content (AvgIpc) is 3.73. The van der Waals surface area contributed by atoms with E-state index in [2.05, 4.69) is 30.8 Å². The van der Waals surface area contributed by atoms with Gasteiger partial charge in [0.05, 0.1) is 29.3 Å². The number of H-pyrrole nitrogens is 1. The smallest absolute Gasteiger partial charge is 0.253 e. The van der Waals surface area contributed by atoms with Gasteiger partial charge in [0.1, 0.15) is 11.9 Å². The van der Waals surface area contributed by atoms with E-state index in [9.17, 15) is 14.4 Å². The third kappa shape index (κ3) is 5.37. The number of anilines is 1. The molecule has 0 saturated carbocycles. The van der Waals surface area contributed by atoms with Crippen LogP contribution in [0.2, 0.25) is 0 Å². The van der Waals surface area contributed by atoms with Gasteiger partial charge in [-0.25, -0.2) is 4.98 Å². The first-order chi connectivity index (χ1) is 21.8. The highest BCUT2D eigenvalue weighted by Gasteiger charge is 2.52. The lowest BCUT2D eigenvalue weighted by Gasteiger charge is -2.25. The third-order valence-electron chi connectivity index (χ3n) is 9.16. The second kappa shape index (κ2) is 11.6. The summed E-state index contributed by atoms with van der Waals surface area (Å²) in [6, 6.07) is 7.04. The first kappa shape index (κ1) is 28.8. The van der Waals surface area contributed by atoms with Gasteiger partial charge in [-0.05, 0) is 66.6 Å². The molecule has 11 heteroatoms. The van der Waals surface area contributed by atoms with E-state index in [0.29, 0.717) is 50.4 Å². The van der Waals surface area contributed by atoms with E-state index >= 15 is 0 Å². The molecule has 3 aromatic heterocycles. The van der Waals surface area contributed by atoms with Crippen molar-refractivity contribution in [2.75, 3.05) is 32.1 Å². The van der Waals surface area contributed by atoms with Crippen LogP contribution in [0, 0.1) is 6.92 Å². The summed E-state index contributed by atoms with van der Waals surface area (Å²) in [6.07, 6.45) is 11.6. The molecule has 11 nitrogen and oxygen atoms in total. The number of carbonyl (C=O) groups is 3. The van der Waals surface area contributed by atoms with Gasteiger partial charge in [-0.3, -0.25) is 24.5 Å². The van der Waals surface area contributed by atoms with Crippen LogP contribution in [0.3, 0.4) is 0 Å². The minimum Gasteiger partial charge on any atom is -0.377 e. The van der Waals surface area contributed by atoms with E-state index in [1.807, 2.05) is 43.3 Å². The number of amides is 3. The number of aromatic nitrogens is 4. The molecule has 3 aliphatic rings. The van der Waals surface area contributed by atoms with Gasteiger partial charge >= 0.3 is 0 Å². The molecule has 0 radical (unpaired) electrons. The standard InChI is InChI=1S/C34H35N7O4/c1-20-10-22(11-24-19-37-40-29(20)24)13-27-32(43)41(2)7-3-4-8-45-9-5-6-21-12-26-30(36-17-21)39-33(44)34(26)15-23-14-25(31(42)38-27)18-35-28(23)16-34/h5-6,10-12,14,17-19,27H,3-4,7-9,13,15-16H2,1-2H3,(H,37,40)(H,38,42)(H,36,39,44)/b6-5+/t27-,34+/m1/s1. The highest BCUT2D eigenvalue weighted by Crippen LogP contribution is 2.46. The summed E-state index contributed by atoms with van der Waals surface area (Å²) in [5.41, 5.74) is 5.74. The van der Waals surface area contributed by atoms with Crippen molar-refractivity contribution in [1.29, 1.82) is 0 Å². The highest BCUT2D eigenvalue weighted by atomic mass is 16.5. The van der Waals surface area contributed by atoms with Crippen molar-refractivity contribution < 1.29 is 19.1 Å². The van der Waals surface area contributed by atoms with Crippen LogP contribution in [0.1, 0.15) is 56.7 Å². The number of fused-ring (bicyclic) bond motifs is 3. The van der Waals surface area contributed by atoms with Gasteiger partial charge in [0.2, 0.25) is 11.8 Å². The lowest BCUT2D eigenvalue weighted by molar-refractivity contribution is -0.132. The van der Waals surface area contributed by atoms with Crippen molar-refractivity contribution in [2.45, 2.75) is 50.5 Å². The maximum atomic E-state index is 13.8. The Morgan fingerprint density at radius 1 is 1.04 bits per heavy atom. The van der Waals surface area contributed by atoms with Gasteiger partial charge in [-0.2, -0.15) is 5.10 Å². The molecule has 3 N–H and O–H groups in total. The van der Waals surface area contributed by atoms with Crippen LogP contribution in [0.4, 0.5) is 5.82 Å². The predicted molar refractivity (Wildman–Crippen MR) is 169 cm³/mol. The Balaban J connectivity index is 1.21. The highest BCUT2D eigenvalue weighted by molar-refractivity contribution is 6.06. The van der Waals surface area contributed by atoms with Gasteiger partial charge in [-0.1, -0.05) is 18.2 Å². The average molecular weight is 606 g/mol. The first-order valence-corrected chi connectivity index (χ1v) is 15.3. The Morgan fingerprint density at radius 2 is 1.93 bits per heavy atom. The third-order valence-corrected chi connectivity index (χ3v) is 9.16. The fraction of sp³-hybridized carbons (Fsp3) is 0.353. The fourth-order valence-corrected chi connectivity index (χ4v) is 6.76. The number of hydrogen-bond donors (Lipinski definition) is 3. The molecule has 5 heterocycles. The van der Waals surface area contributed by atoms with E-state index in [4.69, 9.17) is 4.74 Å². The molecule has 1 aromatic carbocycles. The molecule has 7 rings (SSSR count). The first-order valence-electron chi connectivity index (χ1n) is 15.3. The number of nitrogens with zero attached hydrogens (tertiary/aromatic N) is 4. The zero-order chi connectivity index (χ0) is 31.1. The van der Waals surface area contributed by atoms with E-state index in [1.165, 1.54) is 6.20 Å². The van der Waals surface area contributed by atoms with Crippen LogP contribution in [0.15, 0.2) is 48.9 Å². The lowest BCUT2D eigenvalue weighted by atomic mass is 9.79. The Morgan fingerprint density at radius 3 is 2.82 bits per heavy atom. The second-order valence-electron chi connectivity index (χ2n) is 12.3. The Kier molecular flexibility index (Phi) is 7.40.